The molecule has 160 valence electrons. The molecule has 0 aliphatic carbocycles. The Kier molecular flexibility index (Phi) is 7.27. The van der Waals surface area contributed by atoms with Crippen molar-refractivity contribution in [2.45, 2.75) is 13.8 Å². The van der Waals surface area contributed by atoms with Gasteiger partial charge in [-0.2, -0.15) is 0 Å². The highest BCUT2D eigenvalue weighted by Crippen LogP contribution is 2.24. The third-order valence-corrected chi connectivity index (χ3v) is 4.46. The number of carbonyl (C=O) groups is 2. The van der Waals surface area contributed by atoms with E-state index < -0.39 is 0 Å². The van der Waals surface area contributed by atoms with Crippen LogP contribution in [0, 0.1) is 5.92 Å². The minimum atomic E-state index is -0.264. The second-order valence-corrected chi connectivity index (χ2v) is 7.42. The summed E-state index contributed by atoms with van der Waals surface area (Å²) in [6, 6.07) is 20.9. The van der Waals surface area contributed by atoms with Gasteiger partial charge in [-0.3, -0.25) is 9.59 Å². The van der Waals surface area contributed by atoms with Crippen LogP contribution in [0.25, 0.3) is 0 Å². The Morgan fingerprint density at radius 3 is 2.00 bits per heavy atom. The van der Waals surface area contributed by atoms with E-state index >= 15 is 0 Å². The van der Waals surface area contributed by atoms with E-state index in [2.05, 4.69) is 24.5 Å². The lowest BCUT2D eigenvalue weighted by atomic mass is 10.1. The number of nitrogens with one attached hydrogen (secondary N) is 2. The van der Waals surface area contributed by atoms with Crippen molar-refractivity contribution in [3.8, 4) is 11.5 Å². The van der Waals surface area contributed by atoms with Gasteiger partial charge in [0.25, 0.3) is 11.8 Å². The summed E-state index contributed by atoms with van der Waals surface area (Å²) in [7, 11) is 1.55. The van der Waals surface area contributed by atoms with Crippen LogP contribution in [0.1, 0.15) is 34.6 Å². The standard InChI is InChI=1S/C25H26N2O4/c1-17(2)16-31-21-14-10-19(11-15-21)24(28)26-20-12-8-18(9-13-20)25(29)27-22-6-4-5-7-23(22)30-3/h4-15,17H,16H2,1-3H3,(H,26,28)(H,27,29). The number of ether oxygens (including phenoxy) is 2. The third kappa shape index (κ3) is 6.09. The van der Waals surface area contributed by atoms with Crippen molar-refractivity contribution < 1.29 is 19.1 Å². The van der Waals surface area contributed by atoms with Crippen LogP contribution < -0.4 is 20.1 Å². The minimum absolute atomic E-state index is 0.235. The van der Waals surface area contributed by atoms with Crippen LogP contribution >= 0.6 is 0 Å². The van der Waals surface area contributed by atoms with Crippen molar-refractivity contribution in [2.75, 3.05) is 24.4 Å². The van der Waals surface area contributed by atoms with Crippen LogP contribution in [-0.4, -0.2) is 25.5 Å². The first kappa shape index (κ1) is 21.9. The second kappa shape index (κ2) is 10.3. The number of hydrogen-bond donors (Lipinski definition) is 2. The molecule has 6 heteroatoms. The van der Waals surface area contributed by atoms with Crippen molar-refractivity contribution in [2.24, 2.45) is 5.92 Å². The van der Waals surface area contributed by atoms with E-state index in [-0.39, 0.29) is 11.8 Å². The zero-order valence-electron chi connectivity index (χ0n) is 17.8. The molecule has 0 heterocycles. The lowest BCUT2D eigenvalue weighted by molar-refractivity contribution is 0.101. The lowest BCUT2D eigenvalue weighted by Gasteiger charge is -2.11. The van der Waals surface area contributed by atoms with Crippen molar-refractivity contribution in [1.82, 2.24) is 0 Å². The Balaban J connectivity index is 1.59. The van der Waals surface area contributed by atoms with Gasteiger partial charge in [-0.15, -0.1) is 0 Å². The van der Waals surface area contributed by atoms with Gasteiger partial charge in [0.05, 0.1) is 19.4 Å². The number of hydrogen-bond acceptors (Lipinski definition) is 4. The molecule has 0 aromatic heterocycles. The molecule has 3 rings (SSSR count). The number of carbonyl (C=O) groups excluding carboxylic acids is 2. The molecule has 0 aliphatic rings. The van der Waals surface area contributed by atoms with E-state index in [4.69, 9.17) is 9.47 Å². The average Bonchev–Trinajstić information content (AvgIpc) is 2.78. The van der Waals surface area contributed by atoms with Crippen LogP contribution in [0.15, 0.2) is 72.8 Å². The Morgan fingerprint density at radius 2 is 1.39 bits per heavy atom. The zero-order chi connectivity index (χ0) is 22.2. The first-order valence-electron chi connectivity index (χ1n) is 10.0. The molecule has 0 aliphatic heterocycles. The second-order valence-electron chi connectivity index (χ2n) is 7.42. The summed E-state index contributed by atoms with van der Waals surface area (Å²) in [4.78, 5) is 25.0. The number of para-hydroxylation sites is 2. The SMILES string of the molecule is COc1ccccc1NC(=O)c1ccc(NC(=O)c2ccc(OCC(C)C)cc2)cc1. The highest BCUT2D eigenvalue weighted by atomic mass is 16.5. The fraction of sp³-hybridized carbons (Fsp3) is 0.200. The average molecular weight is 418 g/mol. The van der Waals surface area contributed by atoms with E-state index in [1.54, 1.807) is 67.8 Å². The molecule has 6 nitrogen and oxygen atoms in total. The number of methoxy groups -OCH3 is 1. The van der Waals surface area contributed by atoms with Crippen molar-refractivity contribution in [3.63, 3.8) is 0 Å². The van der Waals surface area contributed by atoms with Gasteiger partial charge in [0.1, 0.15) is 11.5 Å². The summed E-state index contributed by atoms with van der Waals surface area (Å²) < 4.78 is 10.9. The van der Waals surface area contributed by atoms with Crippen molar-refractivity contribution in [1.29, 1.82) is 0 Å². The van der Waals surface area contributed by atoms with Crippen molar-refractivity contribution >= 4 is 23.2 Å². The highest BCUT2D eigenvalue weighted by Gasteiger charge is 2.11. The van der Waals surface area contributed by atoms with Crippen LogP contribution in [0.4, 0.5) is 11.4 Å². The molecule has 0 saturated heterocycles. The highest BCUT2D eigenvalue weighted by molar-refractivity contribution is 6.06. The Hall–Kier alpha value is -3.80. The number of anilines is 2. The van der Waals surface area contributed by atoms with Gasteiger partial charge in [-0.25, -0.2) is 0 Å². The minimum Gasteiger partial charge on any atom is -0.495 e. The van der Waals surface area contributed by atoms with Gasteiger partial charge in [-0.1, -0.05) is 26.0 Å². The Bertz CT molecular complexity index is 1030. The maximum absolute atomic E-state index is 12.5. The van der Waals surface area contributed by atoms with E-state index in [1.165, 1.54) is 0 Å². The molecule has 0 saturated carbocycles. The smallest absolute Gasteiger partial charge is 0.255 e. The summed E-state index contributed by atoms with van der Waals surface area (Å²) in [6.07, 6.45) is 0. The Morgan fingerprint density at radius 1 is 0.806 bits per heavy atom. The maximum atomic E-state index is 12.5. The fourth-order valence-electron chi connectivity index (χ4n) is 2.82. The fourth-order valence-corrected chi connectivity index (χ4v) is 2.82. The summed E-state index contributed by atoms with van der Waals surface area (Å²) >= 11 is 0. The maximum Gasteiger partial charge on any atom is 0.255 e. The molecular formula is C25H26N2O4. The van der Waals surface area contributed by atoms with Gasteiger partial charge in [0, 0.05) is 16.8 Å². The number of amides is 2. The molecule has 0 unspecified atom stereocenters. The molecule has 31 heavy (non-hydrogen) atoms. The molecule has 0 atom stereocenters. The van der Waals surface area contributed by atoms with Crippen LogP contribution in [0.3, 0.4) is 0 Å². The molecular weight excluding hydrogens is 392 g/mol. The molecule has 0 fully saturated rings. The van der Waals surface area contributed by atoms with Gasteiger partial charge >= 0.3 is 0 Å². The topological polar surface area (TPSA) is 76.7 Å². The number of benzene rings is 3. The summed E-state index contributed by atoms with van der Waals surface area (Å²) in [5.74, 6) is 1.25. The predicted octanol–water partition coefficient (Wildman–Crippen LogP) is 5.23. The van der Waals surface area contributed by atoms with Gasteiger partial charge in [0.15, 0.2) is 0 Å². The van der Waals surface area contributed by atoms with E-state index in [1.807, 2.05) is 12.1 Å². The molecule has 3 aromatic rings. The number of rotatable bonds is 8. The largest absolute Gasteiger partial charge is 0.495 e. The predicted molar refractivity (Wildman–Crippen MR) is 122 cm³/mol. The molecule has 0 spiro atoms. The van der Waals surface area contributed by atoms with Gasteiger partial charge in [0.2, 0.25) is 0 Å². The third-order valence-electron chi connectivity index (χ3n) is 4.46. The lowest BCUT2D eigenvalue weighted by Crippen LogP contribution is -2.14. The van der Waals surface area contributed by atoms with Crippen LogP contribution in [-0.2, 0) is 0 Å². The quantitative estimate of drug-likeness (QED) is 0.525. The van der Waals surface area contributed by atoms with Gasteiger partial charge in [-0.05, 0) is 66.6 Å². The van der Waals surface area contributed by atoms with Crippen LogP contribution in [0.5, 0.6) is 11.5 Å². The van der Waals surface area contributed by atoms with Crippen LogP contribution in [0.2, 0.25) is 0 Å². The van der Waals surface area contributed by atoms with E-state index in [0.717, 1.165) is 5.75 Å². The zero-order valence-corrected chi connectivity index (χ0v) is 17.8. The molecule has 3 aromatic carbocycles. The molecule has 2 amide bonds. The monoisotopic (exact) mass is 418 g/mol. The summed E-state index contributed by atoms with van der Waals surface area (Å²) in [5.41, 5.74) is 2.18. The normalized spacial score (nSPS) is 10.5. The molecule has 0 radical (unpaired) electrons. The summed E-state index contributed by atoms with van der Waals surface area (Å²) in [5, 5.41) is 5.65. The van der Waals surface area contributed by atoms with E-state index in [0.29, 0.717) is 40.8 Å². The first-order chi connectivity index (χ1) is 15.0. The molecule has 0 bridgehead atoms. The summed E-state index contributed by atoms with van der Waals surface area (Å²) in [6.45, 7) is 4.78. The van der Waals surface area contributed by atoms with Crippen molar-refractivity contribution in [3.05, 3.63) is 83.9 Å². The Labute approximate surface area is 182 Å². The molecule has 2 N–H and O–H groups in total. The van der Waals surface area contributed by atoms with Gasteiger partial charge < -0.3 is 20.1 Å². The first-order valence-corrected chi connectivity index (χ1v) is 10.0. The van der Waals surface area contributed by atoms with E-state index in [9.17, 15) is 9.59 Å².